The van der Waals surface area contributed by atoms with Gasteiger partial charge in [0.15, 0.2) is 0 Å². The lowest BCUT2D eigenvalue weighted by Crippen LogP contribution is -2.27. The van der Waals surface area contributed by atoms with Gasteiger partial charge in [-0.15, -0.1) is 0 Å². The zero-order chi connectivity index (χ0) is 19.4. The number of nitrogens with zero attached hydrogens (tertiary/aromatic N) is 2. The third-order valence-electron chi connectivity index (χ3n) is 3.87. The molecule has 0 atom stereocenters. The summed E-state index contributed by atoms with van der Waals surface area (Å²) >= 11 is 3.32. The van der Waals surface area contributed by atoms with Crippen LogP contribution in [0.1, 0.15) is 5.56 Å². The van der Waals surface area contributed by atoms with Gasteiger partial charge in [-0.05, 0) is 30.3 Å². The molecule has 1 amide bonds. The van der Waals surface area contributed by atoms with Crippen molar-refractivity contribution in [2.75, 3.05) is 5.32 Å². The Balaban J connectivity index is 1.97. The lowest BCUT2D eigenvalue weighted by molar-refractivity contribution is -0.306. The summed E-state index contributed by atoms with van der Waals surface area (Å²) in [4.78, 5) is 23.4. The largest absolute Gasteiger partial charge is 0.548 e. The third kappa shape index (κ3) is 4.25. The zero-order valence-electron chi connectivity index (χ0n) is 14.0. The number of hydrogen-bond donors (Lipinski definition) is 1. The zero-order valence-corrected chi connectivity index (χ0v) is 15.6. The second kappa shape index (κ2) is 7.89. The monoisotopic (exact) mass is 422 g/mol. The average molecular weight is 423 g/mol. The minimum atomic E-state index is -1.22. The highest BCUT2D eigenvalue weighted by atomic mass is 79.9. The van der Waals surface area contributed by atoms with Gasteiger partial charge in [0.05, 0.1) is 12.5 Å². The Morgan fingerprint density at radius 1 is 1.22 bits per heavy atom. The minimum Gasteiger partial charge on any atom is -0.548 e. The molecule has 0 radical (unpaired) electrons. The molecule has 0 bridgehead atoms. The molecular formula is C20H13BrN3O3-. The second-order valence-electron chi connectivity index (χ2n) is 5.74. The fourth-order valence-electron chi connectivity index (χ4n) is 2.73. The number of benzene rings is 2. The minimum absolute atomic E-state index is 0.0914. The van der Waals surface area contributed by atoms with Crippen molar-refractivity contribution in [2.45, 2.75) is 6.54 Å². The first-order chi connectivity index (χ1) is 13.0. The Bertz CT molecular complexity index is 1110. The molecule has 2 aromatic carbocycles. The number of amides is 1. The molecule has 7 heteroatoms. The van der Waals surface area contributed by atoms with Crippen LogP contribution in [0.3, 0.4) is 0 Å². The van der Waals surface area contributed by atoms with Crippen molar-refractivity contribution in [3.8, 4) is 6.07 Å². The maximum absolute atomic E-state index is 12.5. The Morgan fingerprint density at radius 3 is 2.70 bits per heavy atom. The molecule has 1 N–H and O–H groups in total. The summed E-state index contributed by atoms with van der Waals surface area (Å²) in [6, 6.07) is 16.1. The van der Waals surface area contributed by atoms with E-state index in [1.54, 1.807) is 48.7 Å². The molecule has 0 aliphatic heterocycles. The molecule has 27 heavy (non-hydrogen) atoms. The van der Waals surface area contributed by atoms with Gasteiger partial charge < -0.3 is 19.8 Å². The van der Waals surface area contributed by atoms with E-state index in [1.165, 1.54) is 10.6 Å². The highest BCUT2D eigenvalue weighted by Crippen LogP contribution is 2.24. The van der Waals surface area contributed by atoms with Gasteiger partial charge in [0.25, 0.3) is 5.91 Å². The van der Waals surface area contributed by atoms with Crippen LogP contribution >= 0.6 is 15.9 Å². The van der Waals surface area contributed by atoms with Crippen LogP contribution in [0.25, 0.3) is 17.0 Å². The van der Waals surface area contributed by atoms with E-state index in [1.807, 2.05) is 12.1 Å². The van der Waals surface area contributed by atoms with E-state index in [2.05, 4.69) is 21.2 Å². The fourth-order valence-corrected chi connectivity index (χ4v) is 3.13. The first-order valence-electron chi connectivity index (χ1n) is 7.94. The van der Waals surface area contributed by atoms with Gasteiger partial charge in [-0.25, -0.2) is 0 Å². The molecule has 6 nitrogen and oxygen atoms in total. The normalized spacial score (nSPS) is 11.2. The summed E-state index contributed by atoms with van der Waals surface area (Å²) in [6.45, 7) is -0.319. The summed E-state index contributed by atoms with van der Waals surface area (Å²) in [7, 11) is 0. The molecule has 0 saturated carbocycles. The topological polar surface area (TPSA) is 97.9 Å². The second-order valence-corrected chi connectivity index (χ2v) is 6.65. The number of carbonyl (C=O) groups excluding carboxylic acids is 2. The molecule has 0 saturated heterocycles. The van der Waals surface area contributed by atoms with Crippen molar-refractivity contribution < 1.29 is 14.7 Å². The molecule has 1 aromatic heterocycles. The lowest BCUT2D eigenvalue weighted by atomic mass is 10.1. The van der Waals surface area contributed by atoms with Gasteiger partial charge in [0.2, 0.25) is 0 Å². The molecule has 0 spiro atoms. The van der Waals surface area contributed by atoms with E-state index >= 15 is 0 Å². The van der Waals surface area contributed by atoms with Crippen LogP contribution in [0.2, 0.25) is 0 Å². The maximum atomic E-state index is 12.5. The molecule has 1 heterocycles. The van der Waals surface area contributed by atoms with Crippen molar-refractivity contribution >= 4 is 50.5 Å². The Kier molecular flexibility index (Phi) is 5.38. The molecule has 3 rings (SSSR count). The molecule has 0 aliphatic carbocycles. The Morgan fingerprint density at radius 2 is 2.00 bits per heavy atom. The number of rotatable bonds is 5. The average Bonchev–Trinajstić information content (AvgIpc) is 2.96. The number of nitrogens with one attached hydrogen (secondary N) is 1. The van der Waals surface area contributed by atoms with Crippen molar-refractivity contribution in [3.05, 3.63) is 70.3 Å². The van der Waals surface area contributed by atoms with Crippen LogP contribution in [0.5, 0.6) is 0 Å². The highest BCUT2D eigenvalue weighted by Gasteiger charge is 2.13. The van der Waals surface area contributed by atoms with Gasteiger partial charge in [-0.1, -0.05) is 40.2 Å². The number of aromatic nitrogens is 1. The van der Waals surface area contributed by atoms with Crippen molar-refractivity contribution in [2.24, 2.45) is 0 Å². The third-order valence-corrected chi connectivity index (χ3v) is 4.36. The Hall–Kier alpha value is -3.37. The number of anilines is 1. The number of nitriles is 1. The summed E-state index contributed by atoms with van der Waals surface area (Å²) < 4.78 is 2.31. The van der Waals surface area contributed by atoms with Gasteiger partial charge in [0.1, 0.15) is 11.6 Å². The lowest BCUT2D eigenvalue weighted by Gasteiger charge is -2.05. The van der Waals surface area contributed by atoms with Crippen LogP contribution in [-0.2, 0) is 16.1 Å². The van der Waals surface area contributed by atoms with Gasteiger partial charge in [-0.3, -0.25) is 4.79 Å². The van der Waals surface area contributed by atoms with Crippen LogP contribution in [0.4, 0.5) is 5.69 Å². The molecule has 0 fully saturated rings. The SMILES string of the molecule is N#C/C(=C\c1cn(CC(=O)[O-])c2ccccc12)C(=O)Nc1cccc(Br)c1. The molecular weight excluding hydrogens is 410 g/mol. The van der Waals surface area contributed by atoms with Crippen molar-refractivity contribution in [1.29, 1.82) is 5.26 Å². The number of carboxylic acid groups (broad SMARTS) is 1. The molecule has 0 aliphatic rings. The summed E-state index contributed by atoms with van der Waals surface area (Å²) in [6.07, 6.45) is 3.03. The van der Waals surface area contributed by atoms with Crippen LogP contribution < -0.4 is 10.4 Å². The van der Waals surface area contributed by atoms with Crippen molar-refractivity contribution in [3.63, 3.8) is 0 Å². The maximum Gasteiger partial charge on any atom is 0.266 e. The predicted octanol–water partition coefficient (Wildman–Crippen LogP) is 2.70. The molecule has 0 unspecified atom stereocenters. The summed E-state index contributed by atoms with van der Waals surface area (Å²) in [5, 5.41) is 23.8. The number of fused-ring (bicyclic) bond motifs is 1. The number of halogens is 1. The van der Waals surface area contributed by atoms with Crippen LogP contribution in [-0.4, -0.2) is 16.4 Å². The van der Waals surface area contributed by atoms with E-state index in [-0.39, 0.29) is 12.1 Å². The fraction of sp³-hybridized carbons (Fsp3) is 0.0500. The van der Waals surface area contributed by atoms with Gasteiger partial charge in [-0.2, -0.15) is 5.26 Å². The van der Waals surface area contributed by atoms with Gasteiger partial charge >= 0.3 is 0 Å². The number of hydrogen-bond acceptors (Lipinski definition) is 4. The first kappa shape index (κ1) is 18.4. The number of carboxylic acids is 1. The van der Waals surface area contributed by atoms with Crippen LogP contribution in [0, 0.1) is 11.3 Å². The highest BCUT2D eigenvalue weighted by molar-refractivity contribution is 9.10. The molecule has 134 valence electrons. The standard InChI is InChI=1S/C20H14BrN3O3/c21-15-4-3-5-16(9-15)23-20(27)13(10-22)8-14-11-24(12-19(25)26)18-7-2-1-6-17(14)18/h1-9,11H,12H2,(H,23,27)(H,25,26)/p-1/b13-8+. The summed E-state index contributed by atoms with van der Waals surface area (Å²) in [5.74, 6) is -1.77. The van der Waals surface area contributed by atoms with E-state index in [9.17, 15) is 20.0 Å². The molecule has 3 aromatic rings. The predicted molar refractivity (Wildman–Crippen MR) is 103 cm³/mol. The van der Waals surface area contributed by atoms with E-state index in [0.717, 1.165) is 9.86 Å². The Labute approximate surface area is 163 Å². The smallest absolute Gasteiger partial charge is 0.266 e. The quantitative estimate of drug-likeness (QED) is 0.504. The van der Waals surface area contributed by atoms with Gasteiger partial charge in [0, 0.05) is 32.8 Å². The van der Waals surface area contributed by atoms with Crippen LogP contribution in [0.15, 0.2) is 64.8 Å². The van der Waals surface area contributed by atoms with Crippen molar-refractivity contribution in [1.82, 2.24) is 4.57 Å². The van der Waals surface area contributed by atoms with E-state index in [4.69, 9.17) is 0 Å². The first-order valence-corrected chi connectivity index (χ1v) is 8.73. The number of carbonyl (C=O) groups is 2. The van der Waals surface area contributed by atoms with E-state index < -0.39 is 11.9 Å². The number of para-hydroxylation sites is 1. The van der Waals surface area contributed by atoms with E-state index in [0.29, 0.717) is 16.8 Å². The summed E-state index contributed by atoms with van der Waals surface area (Å²) in [5.41, 5.74) is 1.71. The number of aliphatic carboxylic acids is 1.